The Hall–Kier alpha value is -2.60. The third kappa shape index (κ3) is 3.27. The summed E-state index contributed by atoms with van der Waals surface area (Å²) in [6.45, 7) is 3.73. The molecule has 1 heterocycles. The minimum Gasteiger partial charge on any atom is -0.345 e. The molecule has 0 atom stereocenters. The molecule has 0 unspecified atom stereocenters. The van der Waals surface area contributed by atoms with Gasteiger partial charge in [-0.3, -0.25) is 4.72 Å². The number of hydrogen-bond donors (Lipinski definition) is 2. The summed E-state index contributed by atoms with van der Waals surface area (Å²) in [6.07, 6.45) is 3.32. The Kier molecular flexibility index (Phi) is 3.92. The largest absolute Gasteiger partial charge is 0.345 e. The highest BCUT2D eigenvalue weighted by Crippen LogP contribution is 2.23. The van der Waals surface area contributed by atoms with Crippen molar-refractivity contribution in [1.29, 1.82) is 0 Å². The molecule has 3 rings (SSSR count). The summed E-state index contributed by atoms with van der Waals surface area (Å²) in [6, 6.07) is 12.4. The topological polar surface area (TPSA) is 74.8 Å². The van der Waals surface area contributed by atoms with Crippen LogP contribution in [0.25, 0.3) is 11.3 Å². The number of aryl methyl sites for hydroxylation is 2. The molecule has 5 nitrogen and oxygen atoms in total. The van der Waals surface area contributed by atoms with Crippen LogP contribution in [0.1, 0.15) is 11.1 Å². The molecule has 0 aliphatic carbocycles. The second kappa shape index (κ2) is 5.89. The Morgan fingerprint density at radius 2 is 1.78 bits per heavy atom. The van der Waals surface area contributed by atoms with Gasteiger partial charge in [0.05, 0.1) is 23.1 Å². The van der Waals surface area contributed by atoms with Crippen LogP contribution in [0.5, 0.6) is 0 Å². The van der Waals surface area contributed by atoms with Crippen molar-refractivity contribution >= 4 is 15.7 Å². The molecule has 0 radical (unpaired) electrons. The van der Waals surface area contributed by atoms with Crippen molar-refractivity contribution in [2.45, 2.75) is 18.7 Å². The van der Waals surface area contributed by atoms with E-state index in [4.69, 9.17) is 0 Å². The van der Waals surface area contributed by atoms with Crippen molar-refractivity contribution in [2.75, 3.05) is 4.72 Å². The maximum Gasteiger partial charge on any atom is 0.262 e. The highest BCUT2D eigenvalue weighted by Gasteiger charge is 2.16. The lowest BCUT2D eigenvalue weighted by Crippen LogP contribution is -2.14. The van der Waals surface area contributed by atoms with Crippen molar-refractivity contribution in [1.82, 2.24) is 9.97 Å². The van der Waals surface area contributed by atoms with Gasteiger partial charge in [0.15, 0.2) is 0 Å². The minimum atomic E-state index is -3.60. The fraction of sp³-hybridized carbons (Fsp3) is 0.118. The number of sulfonamides is 1. The molecule has 0 saturated carbocycles. The fourth-order valence-electron chi connectivity index (χ4n) is 2.44. The number of aromatic amines is 1. The van der Waals surface area contributed by atoms with Gasteiger partial charge in [0.1, 0.15) is 0 Å². The van der Waals surface area contributed by atoms with Gasteiger partial charge in [0, 0.05) is 5.69 Å². The van der Waals surface area contributed by atoms with Crippen LogP contribution in [-0.4, -0.2) is 18.4 Å². The molecule has 0 aliphatic rings. The lowest BCUT2D eigenvalue weighted by Gasteiger charge is -2.11. The number of nitrogens with zero attached hydrogens (tertiary/aromatic N) is 1. The smallest absolute Gasteiger partial charge is 0.262 e. The van der Waals surface area contributed by atoms with Gasteiger partial charge in [-0.2, -0.15) is 0 Å². The van der Waals surface area contributed by atoms with Gasteiger partial charge in [-0.05, 0) is 43.2 Å². The molecular weight excluding hydrogens is 310 g/mol. The Morgan fingerprint density at radius 3 is 2.39 bits per heavy atom. The molecular formula is C17H17N3O2S. The standard InChI is InChI=1S/C17H17N3O2S/c1-12-3-8-17(13(2)9-12)23(21,22)20-15-6-4-14(5-7-15)16-10-18-11-19-16/h3-11,20H,1-2H3,(H,18,19). The van der Waals surface area contributed by atoms with E-state index in [-0.39, 0.29) is 0 Å². The number of imidazole rings is 1. The van der Waals surface area contributed by atoms with Gasteiger partial charge in [0.25, 0.3) is 10.0 Å². The molecule has 2 aromatic carbocycles. The molecule has 0 bridgehead atoms. The van der Waals surface area contributed by atoms with E-state index in [1.807, 2.05) is 25.1 Å². The van der Waals surface area contributed by atoms with E-state index in [0.29, 0.717) is 10.6 Å². The Morgan fingerprint density at radius 1 is 1.04 bits per heavy atom. The van der Waals surface area contributed by atoms with Crippen LogP contribution in [0.3, 0.4) is 0 Å². The first-order valence-electron chi connectivity index (χ1n) is 7.14. The van der Waals surface area contributed by atoms with Gasteiger partial charge >= 0.3 is 0 Å². The van der Waals surface area contributed by atoms with Gasteiger partial charge in [-0.1, -0.05) is 29.8 Å². The second-order valence-electron chi connectivity index (χ2n) is 5.42. The summed E-state index contributed by atoms with van der Waals surface area (Å²) in [5.74, 6) is 0. The van der Waals surface area contributed by atoms with E-state index in [0.717, 1.165) is 22.4 Å². The third-order valence-electron chi connectivity index (χ3n) is 3.57. The molecule has 23 heavy (non-hydrogen) atoms. The molecule has 0 fully saturated rings. The SMILES string of the molecule is Cc1ccc(S(=O)(=O)Nc2ccc(-c3cnc[nH]3)cc2)c(C)c1. The zero-order valence-corrected chi connectivity index (χ0v) is 13.7. The first-order chi connectivity index (χ1) is 11.0. The summed E-state index contributed by atoms with van der Waals surface area (Å²) in [7, 11) is -3.60. The molecule has 1 aromatic heterocycles. The predicted octanol–water partition coefficient (Wildman–Crippen LogP) is 3.49. The average Bonchev–Trinajstić information content (AvgIpc) is 3.01. The van der Waals surface area contributed by atoms with Gasteiger partial charge in [0.2, 0.25) is 0 Å². The number of rotatable bonds is 4. The molecule has 0 amide bonds. The summed E-state index contributed by atoms with van der Waals surface area (Å²) in [5.41, 5.74) is 4.11. The van der Waals surface area contributed by atoms with Crippen LogP contribution in [-0.2, 0) is 10.0 Å². The molecule has 118 valence electrons. The van der Waals surface area contributed by atoms with Crippen LogP contribution in [0, 0.1) is 13.8 Å². The number of aromatic nitrogens is 2. The molecule has 6 heteroatoms. The Balaban J connectivity index is 1.86. The van der Waals surface area contributed by atoms with E-state index in [2.05, 4.69) is 14.7 Å². The lowest BCUT2D eigenvalue weighted by atomic mass is 10.1. The van der Waals surface area contributed by atoms with Crippen LogP contribution < -0.4 is 4.72 Å². The van der Waals surface area contributed by atoms with Crippen LogP contribution >= 0.6 is 0 Å². The maximum absolute atomic E-state index is 12.5. The zero-order chi connectivity index (χ0) is 16.4. The zero-order valence-electron chi connectivity index (χ0n) is 12.9. The molecule has 0 aliphatic heterocycles. The quantitative estimate of drug-likeness (QED) is 0.770. The average molecular weight is 327 g/mol. The molecule has 0 saturated heterocycles. The highest BCUT2D eigenvalue weighted by atomic mass is 32.2. The number of anilines is 1. The summed E-state index contributed by atoms with van der Waals surface area (Å²) >= 11 is 0. The normalized spacial score (nSPS) is 11.4. The van der Waals surface area contributed by atoms with E-state index in [1.165, 1.54) is 0 Å². The molecule has 0 spiro atoms. The first kappa shape index (κ1) is 15.3. The maximum atomic E-state index is 12.5. The van der Waals surface area contributed by atoms with E-state index in [1.54, 1.807) is 43.7 Å². The highest BCUT2D eigenvalue weighted by molar-refractivity contribution is 7.92. The summed E-state index contributed by atoms with van der Waals surface area (Å²) < 4.78 is 27.7. The number of benzene rings is 2. The molecule has 3 aromatic rings. The van der Waals surface area contributed by atoms with E-state index in [9.17, 15) is 8.42 Å². The first-order valence-corrected chi connectivity index (χ1v) is 8.63. The summed E-state index contributed by atoms with van der Waals surface area (Å²) in [4.78, 5) is 7.27. The Bertz CT molecular complexity index is 915. The van der Waals surface area contributed by atoms with E-state index >= 15 is 0 Å². The monoisotopic (exact) mass is 327 g/mol. The van der Waals surface area contributed by atoms with Gasteiger partial charge < -0.3 is 4.98 Å². The number of nitrogens with one attached hydrogen (secondary N) is 2. The van der Waals surface area contributed by atoms with Gasteiger partial charge in [-0.25, -0.2) is 13.4 Å². The van der Waals surface area contributed by atoms with Crippen molar-refractivity contribution in [3.05, 3.63) is 66.1 Å². The van der Waals surface area contributed by atoms with Crippen LogP contribution in [0.2, 0.25) is 0 Å². The lowest BCUT2D eigenvalue weighted by molar-refractivity contribution is 0.600. The number of H-pyrrole nitrogens is 1. The van der Waals surface area contributed by atoms with E-state index < -0.39 is 10.0 Å². The van der Waals surface area contributed by atoms with Crippen molar-refractivity contribution < 1.29 is 8.42 Å². The van der Waals surface area contributed by atoms with Gasteiger partial charge in [-0.15, -0.1) is 0 Å². The minimum absolute atomic E-state index is 0.292. The molecule has 2 N–H and O–H groups in total. The van der Waals surface area contributed by atoms with Crippen molar-refractivity contribution in [2.24, 2.45) is 0 Å². The Labute approximate surface area is 135 Å². The summed E-state index contributed by atoms with van der Waals surface area (Å²) in [5, 5.41) is 0. The predicted molar refractivity (Wildman–Crippen MR) is 90.7 cm³/mol. The second-order valence-corrected chi connectivity index (χ2v) is 7.07. The fourth-order valence-corrected chi connectivity index (χ4v) is 3.73. The third-order valence-corrected chi connectivity index (χ3v) is 5.11. The van der Waals surface area contributed by atoms with Crippen molar-refractivity contribution in [3.63, 3.8) is 0 Å². The van der Waals surface area contributed by atoms with Crippen LogP contribution in [0.15, 0.2) is 59.9 Å². The van der Waals surface area contributed by atoms with Crippen molar-refractivity contribution in [3.8, 4) is 11.3 Å². The number of hydrogen-bond acceptors (Lipinski definition) is 3. The van der Waals surface area contributed by atoms with Crippen LogP contribution in [0.4, 0.5) is 5.69 Å².